The fraction of sp³-hybridized carbons (Fsp3) is 0. The first kappa shape index (κ1) is 10.7. The van der Waals surface area contributed by atoms with Gasteiger partial charge < -0.3 is 21.1 Å². The molecule has 1 atom stereocenters. The Kier molecular flexibility index (Phi) is 2.45. The fourth-order valence-corrected chi connectivity index (χ4v) is 2.14. The highest BCUT2D eigenvalue weighted by atomic mass is 32.2. The second kappa shape index (κ2) is 3.66. The Labute approximate surface area is 94.0 Å². The van der Waals surface area contributed by atoms with Crippen LogP contribution in [0.2, 0.25) is 0 Å². The number of phenols is 1. The molecule has 2 aromatic carbocycles. The van der Waals surface area contributed by atoms with Crippen LogP contribution in [0.4, 0.5) is 11.4 Å². The lowest BCUT2D eigenvalue weighted by atomic mass is 10.1. The Bertz CT molecular complexity index is 598. The van der Waals surface area contributed by atoms with Crippen molar-refractivity contribution in [1.29, 1.82) is 0 Å². The monoisotopic (exact) mass is 238 g/mol. The summed E-state index contributed by atoms with van der Waals surface area (Å²) in [4.78, 5) is 0.194. The van der Waals surface area contributed by atoms with E-state index in [4.69, 9.17) is 16.0 Å². The highest BCUT2D eigenvalue weighted by Crippen LogP contribution is 2.36. The molecule has 0 radical (unpaired) electrons. The van der Waals surface area contributed by atoms with Crippen molar-refractivity contribution in [2.24, 2.45) is 0 Å². The van der Waals surface area contributed by atoms with Gasteiger partial charge in [0.25, 0.3) is 0 Å². The van der Waals surface area contributed by atoms with Crippen molar-refractivity contribution >= 4 is 33.2 Å². The van der Waals surface area contributed by atoms with Crippen LogP contribution >= 0.6 is 0 Å². The van der Waals surface area contributed by atoms with Crippen molar-refractivity contribution < 1.29 is 13.9 Å². The number of rotatable bonds is 1. The molecule has 0 aliphatic carbocycles. The summed E-state index contributed by atoms with van der Waals surface area (Å²) in [5.74, 6) is -0.0611. The van der Waals surface area contributed by atoms with E-state index in [1.807, 2.05) is 0 Å². The SMILES string of the molecule is Nc1ccc2c(S(=O)O)ccc(O)c2c1N. The summed E-state index contributed by atoms with van der Waals surface area (Å²) in [5.41, 5.74) is 11.9. The maximum atomic E-state index is 11.1. The van der Waals surface area contributed by atoms with Gasteiger partial charge in [-0.05, 0) is 18.2 Å². The molecule has 1 unspecified atom stereocenters. The Morgan fingerprint density at radius 2 is 1.81 bits per heavy atom. The van der Waals surface area contributed by atoms with Crippen LogP contribution in [0, 0.1) is 0 Å². The van der Waals surface area contributed by atoms with E-state index in [-0.39, 0.29) is 16.3 Å². The van der Waals surface area contributed by atoms with Gasteiger partial charge in [0, 0.05) is 10.8 Å². The summed E-state index contributed by atoms with van der Waals surface area (Å²) in [5, 5.41) is 10.4. The van der Waals surface area contributed by atoms with E-state index in [1.165, 1.54) is 18.2 Å². The smallest absolute Gasteiger partial charge is 0.187 e. The summed E-state index contributed by atoms with van der Waals surface area (Å²) >= 11 is -2.13. The van der Waals surface area contributed by atoms with Crippen LogP contribution in [0.5, 0.6) is 5.75 Å². The van der Waals surface area contributed by atoms with Gasteiger partial charge in [0.2, 0.25) is 0 Å². The number of fused-ring (bicyclic) bond motifs is 1. The summed E-state index contributed by atoms with van der Waals surface area (Å²) in [6.07, 6.45) is 0. The van der Waals surface area contributed by atoms with Crippen LogP contribution in [0.15, 0.2) is 29.2 Å². The van der Waals surface area contributed by atoms with Gasteiger partial charge in [-0.2, -0.15) is 0 Å². The molecule has 0 spiro atoms. The van der Waals surface area contributed by atoms with Gasteiger partial charge in [-0.15, -0.1) is 0 Å². The molecule has 6 N–H and O–H groups in total. The van der Waals surface area contributed by atoms with Crippen LogP contribution in [0.3, 0.4) is 0 Å². The average Bonchev–Trinajstić information content (AvgIpc) is 2.23. The van der Waals surface area contributed by atoms with Crippen LogP contribution in [-0.2, 0) is 11.1 Å². The summed E-state index contributed by atoms with van der Waals surface area (Å²) < 4.78 is 20.2. The highest BCUT2D eigenvalue weighted by molar-refractivity contribution is 7.79. The van der Waals surface area contributed by atoms with Gasteiger partial charge in [0.05, 0.1) is 16.3 Å². The molecule has 0 aromatic heterocycles. The molecule has 2 aromatic rings. The molecule has 2 rings (SSSR count). The molecule has 5 nitrogen and oxygen atoms in total. The number of nitrogen functional groups attached to an aromatic ring is 2. The number of phenolic OH excluding ortho intramolecular Hbond substituents is 1. The van der Waals surface area contributed by atoms with Gasteiger partial charge in [-0.3, -0.25) is 0 Å². The zero-order valence-corrected chi connectivity index (χ0v) is 8.99. The number of hydrogen-bond acceptors (Lipinski definition) is 4. The third-order valence-electron chi connectivity index (χ3n) is 2.38. The van der Waals surface area contributed by atoms with E-state index in [0.29, 0.717) is 16.5 Å². The van der Waals surface area contributed by atoms with Crippen molar-refractivity contribution in [3.05, 3.63) is 24.3 Å². The molecular weight excluding hydrogens is 228 g/mol. The zero-order chi connectivity index (χ0) is 11.9. The third-order valence-corrected chi connectivity index (χ3v) is 3.11. The zero-order valence-electron chi connectivity index (χ0n) is 8.18. The Hall–Kier alpha value is -1.79. The van der Waals surface area contributed by atoms with Crippen molar-refractivity contribution in [2.45, 2.75) is 4.90 Å². The Morgan fingerprint density at radius 1 is 1.12 bits per heavy atom. The minimum atomic E-state index is -2.13. The van der Waals surface area contributed by atoms with E-state index in [2.05, 4.69) is 0 Å². The van der Waals surface area contributed by atoms with Gasteiger partial charge in [-0.25, -0.2) is 4.21 Å². The van der Waals surface area contributed by atoms with Crippen LogP contribution < -0.4 is 11.5 Å². The lowest BCUT2D eigenvalue weighted by molar-refractivity contribution is 0.481. The first-order chi connectivity index (χ1) is 7.52. The molecule has 0 saturated carbocycles. The summed E-state index contributed by atoms with van der Waals surface area (Å²) in [6, 6.07) is 5.79. The molecular formula is C10H10N2O3S. The van der Waals surface area contributed by atoms with E-state index in [0.717, 1.165) is 0 Å². The number of anilines is 2. The van der Waals surface area contributed by atoms with Gasteiger partial charge >= 0.3 is 0 Å². The Balaban J connectivity index is 2.97. The number of benzene rings is 2. The Morgan fingerprint density at radius 3 is 2.44 bits per heavy atom. The largest absolute Gasteiger partial charge is 0.507 e. The molecule has 0 saturated heterocycles. The molecule has 0 aliphatic rings. The summed E-state index contributed by atoms with van der Waals surface area (Å²) in [7, 11) is 0. The quantitative estimate of drug-likeness (QED) is 0.442. The predicted molar refractivity (Wildman–Crippen MR) is 63.5 cm³/mol. The number of nitrogens with two attached hydrogens (primary N) is 2. The molecule has 6 heteroatoms. The van der Waals surface area contributed by atoms with Crippen molar-refractivity contribution in [3.8, 4) is 5.75 Å². The fourth-order valence-electron chi connectivity index (χ4n) is 1.60. The van der Waals surface area contributed by atoms with Crippen molar-refractivity contribution in [2.75, 3.05) is 11.5 Å². The molecule has 16 heavy (non-hydrogen) atoms. The molecule has 0 heterocycles. The molecule has 0 aliphatic heterocycles. The number of hydrogen-bond donors (Lipinski definition) is 4. The van der Waals surface area contributed by atoms with Crippen LogP contribution in [-0.4, -0.2) is 13.9 Å². The number of aromatic hydroxyl groups is 1. The standard InChI is InChI=1S/C10H10N2O3S/c11-6-2-1-5-8(16(14)15)4-3-7(13)9(5)10(6)12/h1-4,13H,11-12H2,(H,14,15). The maximum absolute atomic E-state index is 11.1. The minimum Gasteiger partial charge on any atom is -0.507 e. The lowest BCUT2D eigenvalue weighted by Crippen LogP contribution is -1.98. The van der Waals surface area contributed by atoms with Crippen LogP contribution in [0.25, 0.3) is 10.8 Å². The lowest BCUT2D eigenvalue weighted by Gasteiger charge is -2.09. The van der Waals surface area contributed by atoms with E-state index in [9.17, 15) is 9.32 Å². The predicted octanol–water partition coefficient (Wildman–Crippen LogP) is 1.29. The van der Waals surface area contributed by atoms with Gasteiger partial charge in [0.15, 0.2) is 11.1 Å². The van der Waals surface area contributed by atoms with Crippen molar-refractivity contribution in [3.63, 3.8) is 0 Å². The van der Waals surface area contributed by atoms with Crippen molar-refractivity contribution in [1.82, 2.24) is 0 Å². The second-order valence-corrected chi connectivity index (χ2v) is 4.26. The van der Waals surface area contributed by atoms with Gasteiger partial charge in [-0.1, -0.05) is 6.07 Å². The first-order valence-corrected chi connectivity index (χ1v) is 5.53. The second-order valence-electron chi connectivity index (χ2n) is 3.32. The molecule has 84 valence electrons. The molecule has 0 fully saturated rings. The topological polar surface area (TPSA) is 110 Å². The third kappa shape index (κ3) is 1.48. The average molecular weight is 238 g/mol. The summed E-state index contributed by atoms with van der Waals surface area (Å²) in [6.45, 7) is 0. The molecule has 0 bridgehead atoms. The van der Waals surface area contributed by atoms with E-state index in [1.54, 1.807) is 6.07 Å². The van der Waals surface area contributed by atoms with Gasteiger partial charge in [0.1, 0.15) is 5.75 Å². The normalized spacial score (nSPS) is 12.8. The highest BCUT2D eigenvalue weighted by Gasteiger charge is 2.13. The minimum absolute atomic E-state index is 0.0611. The maximum Gasteiger partial charge on any atom is 0.187 e. The molecule has 0 amide bonds. The van der Waals surface area contributed by atoms with E-state index < -0.39 is 11.1 Å². The van der Waals surface area contributed by atoms with Crippen LogP contribution in [0.1, 0.15) is 0 Å². The van der Waals surface area contributed by atoms with E-state index >= 15 is 0 Å². The first-order valence-electron chi connectivity index (χ1n) is 4.43.